The van der Waals surface area contributed by atoms with Crippen LogP contribution in [-0.2, 0) is 0 Å². The first kappa shape index (κ1) is 47.5. The third kappa shape index (κ3) is 28.6. The van der Waals surface area contributed by atoms with Crippen LogP contribution in [0.2, 0.25) is 0 Å². The fraction of sp³-hybridized carbons (Fsp3) is 1.00. The molecule has 0 unspecified atom stereocenters. The van der Waals surface area contributed by atoms with Gasteiger partial charge in [-0.15, -0.1) is 0 Å². The average molecular weight is 513 g/mol. The summed E-state index contributed by atoms with van der Waals surface area (Å²) < 4.78 is 2.21. The molecule has 218 valence electrons. The Morgan fingerprint density at radius 2 is 0.618 bits per heavy atom. The van der Waals surface area contributed by atoms with E-state index in [9.17, 15) is 0 Å². The molecule has 0 aliphatic carbocycles. The molecule has 34 heavy (non-hydrogen) atoms. The zero-order chi connectivity index (χ0) is 25.1. The van der Waals surface area contributed by atoms with Gasteiger partial charge in [-0.25, -0.2) is 0 Å². The van der Waals surface area contributed by atoms with Crippen LogP contribution in [-0.4, -0.2) is 95.2 Å². The molecule has 0 atom stereocenters. The van der Waals surface area contributed by atoms with Gasteiger partial charge in [0, 0.05) is 0 Å². The normalized spacial score (nSPS) is 12.2. The van der Waals surface area contributed by atoms with Crippen LogP contribution in [0.25, 0.3) is 0 Å². The predicted octanol–water partition coefficient (Wildman–Crippen LogP) is 10.1. The predicted molar refractivity (Wildman–Crippen MR) is 174 cm³/mol. The summed E-state index contributed by atoms with van der Waals surface area (Å²) in [5.74, 6) is 0. The SMILES string of the molecule is C.C.C.CCCCP(C)(CCCC)(CCCC)CCCC.CC[N+](C)(CC)CC.C[N+](C)(C)C. The third-order valence-corrected chi connectivity index (χ3v) is 14.0. The molecule has 0 fully saturated rings. The quantitative estimate of drug-likeness (QED) is 0.151. The van der Waals surface area contributed by atoms with E-state index in [4.69, 9.17) is 0 Å². The van der Waals surface area contributed by atoms with Crippen molar-refractivity contribution in [2.45, 2.75) is 122 Å². The van der Waals surface area contributed by atoms with Crippen LogP contribution in [0.5, 0.6) is 0 Å². The summed E-state index contributed by atoms with van der Waals surface area (Å²) in [6, 6.07) is 0. The summed E-state index contributed by atoms with van der Waals surface area (Å²) in [5.41, 5.74) is 0. The zero-order valence-electron chi connectivity index (χ0n) is 24.9. The Bertz CT molecular complexity index is 326. The van der Waals surface area contributed by atoms with E-state index >= 15 is 0 Å². The summed E-state index contributed by atoms with van der Waals surface area (Å²) >= 11 is 0. The van der Waals surface area contributed by atoms with Gasteiger partial charge >= 0.3 is 117 Å². The van der Waals surface area contributed by atoms with E-state index in [2.05, 4.69) is 90.4 Å². The standard InChI is InChI=1S/C17H39P.C7H18N.C4H12N.3CH4/c1-6-10-14-18(5,15-11-7-2,16-12-8-3)17-13-9-4;1-5-8(4,6-2)7-3;1-5(2,3)4;;;/h6-17H2,1-5H3;5-7H2,1-4H3;1-4H3;3*1H4/q;2*+1;;;. The van der Waals surface area contributed by atoms with Crippen molar-refractivity contribution in [3.05, 3.63) is 0 Å². The Morgan fingerprint density at radius 3 is 0.706 bits per heavy atom. The number of hydrogen-bond acceptors (Lipinski definition) is 0. The molecule has 0 aromatic rings. The van der Waals surface area contributed by atoms with Crippen LogP contribution in [0.15, 0.2) is 0 Å². The second-order valence-electron chi connectivity index (χ2n) is 12.2. The van der Waals surface area contributed by atoms with Crippen molar-refractivity contribution in [3.63, 3.8) is 0 Å². The van der Waals surface area contributed by atoms with Crippen LogP contribution >= 0.6 is 6.60 Å². The largest absolute Gasteiger partial charge is 0.333 e. The number of nitrogens with zero attached hydrogens (tertiary/aromatic N) is 2. The Kier molecular flexibility index (Phi) is 35.0. The van der Waals surface area contributed by atoms with E-state index in [1.54, 1.807) is 24.6 Å². The number of quaternary nitrogens is 2. The van der Waals surface area contributed by atoms with Crippen molar-refractivity contribution in [2.75, 3.05) is 86.2 Å². The van der Waals surface area contributed by atoms with Gasteiger partial charge in [-0.05, 0) is 20.8 Å². The summed E-state index contributed by atoms with van der Waals surface area (Å²) in [6.07, 6.45) is 17.8. The fourth-order valence-corrected chi connectivity index (χ4v) is 10.5. The van der Waals surface area contributed by atoms with Crippen LogP contribution in [0, 0.1) is 0 Å². The summed E-state index contributed by atoms with van der Waals surface area (Å²) in [4.78, 5) is 0. The van der Waals surface area contributed by atoms with E-state index < -0.39 is 6.60 Å². The third-order valence-electron chi connectivity index (χ3n) is 7.13. The molecule has 0 spiro atoms. The molecule has 2 nitrogen and oxygen atoms in total. The number of unbranched alkanes of at least 4 members (excludes halogenated alkanes) is 4. The monoisotopic (exact) mass is 513 g/mol. The first-order valence-electron chi connectivity index (χ1n) is 13.8. The molecule has 0 aliphatic rings. The van der Waals surface area contributed by atoms with Gasteiger partial charge in [0.2, 0.25) is 0 Å². The molecule has 0 radical (unpaired) electrons. The van der Waals surface area contributed by atoms with Gasteiger partial charge in [0.25, 0.3) is 0 Å². The summed E-state index contributed by atoms with van der Waals surface area (Å²) in [7, 11) is 10.8. The molecule has 0 aliphatic heterocycles. The first-order valence-corrected chi connectivity index (χ1v) is 17.3. The number of rotatable bonds is 15. The average Bonchev–Trinajstić information content (AvgIpc) is 2.73. The van der Waals surface area contributed by atoms with Gasteiger partial charge in [-0.1, -0.05) is 22.3 Å². The van der Waals surface area contributed by atoms with Gasteiger partial charge in [0.15, 0.2) is 0 Å². The van der Waals surface area contributed by atoms with Crippen molar-refractivity contribution < 1.29 is 8.97 Å². The fourth-order valence-electron chi connectivity index (χ4n) is 3.95. The van der Waals surface area contributed by atoms with Gasteiger partial charge < -0.3 is 8.97 Å². The minimum Gasteiger partial charge on any atom is -0.333 e. The van der Waals surface area contributed by atoms with Gasteiger partial charge in [0.1, 0.15) is 0 Å². The molecule has 0 heterocycles. The molecule has 0 rings (SSSR count). The maximum atomic E-state index is 2.77. The molecule has 0 bridgehead atoms. The number of hydrogen-bond donors (Lipinski definition) is 0. The maximum Gasteiger partial charge on any atom is 0.0755 e. The van der Waals surface area contributed by atoms with Crippen molar-refractivity contribution in [1.29, 1.82) is 0 Å². The van der Waals surface area contributed by atoms with Crippen LogP contribution in [0.1, 0.15) is 122 Å². The molecular formula is C31H81N2P+2. The molecule has 0 saturated carbocycles. The van der Waals surface area contributed by atoms with Crippen molar-refractivity contribution >= 4 is 6.60 Å². The zero-order valence-corrected chi connectivity index (χ0v) is 25.8. The molecule has 0 amide bonds. The van der Waals surface area contributed by atoms with Crippen LogP contribution < -0.4 is 0 Å². The molecular weight excluding hydrogens is 431 g/mol. The van der Waals surface area contributed by atoms with E-state index in [0.717, 1.165) is 4.48 Å². The summed E-state index contributed by atoms with van der Waals surface area (Å²) in [5, 5.41) is 0. The molecule has 0 N–H and O–H groups in total. The molecule has 0 aromatic carbocycles. The van der Waals surface area contributed by atoms with Crippen molar-refractivity contribution in [3.8, 4) is 0 Å². The minimum absolute atomic E-state index is 0. The van der Waals surface area contributed by atoms with E-state index in [0.29, 0.717) is 0 Å². The van der Waals surface area contributed by atoms with Gasteiger partial charge in [-0.3, -0.25) is 0 Å². The van der Waals surface area contributed by atoms with Gasteiger partial charge in [0.05, 0.1) is 54.9 Å². The van der Waals surface area contributed by atoms with E-state index in [1.165, 1.54) is 75.5 Å². The molecule has 3 heteroatoms. The smallest absolute Gasteiger partial charge is 0.0755 e. The van der Waals surface area contributed by atoms with Crippen LogP contribution in [0.4, 0.5) is 0 Å². The topological polar surface area (TPSA) is 0 Å². The van der Waals surface area contributed by atoms with Crippen LogP contribution in [0.3, 0.4) is 0 Å². The Balaban J connectivity index is -0.000000103. The van der Waals surface area contributed by atoms with E-state index in [-0.39, 0.29) is 22.3 Å². The van der Waals surface area contributed by atoms with Crippen molar-refractivity contribution in [2.24, 2.45) is 0 Å². The summed E-state index contributed by atoms with van der Waals surface area (Å²) in [6.45, 7) is 21.4. The van der Waals surface area contributed by atoms with E-state index in [1.807, 2.05) is 0 Å². The molecule has 0 saturated heterocycles. The minimum atomic E-state index is -1.36. The first-order chi connectivity index (χ1) is 14.2. The molecule has 0 aromatic heterocycles. The van der Waals surface area contributed by atoms with Gasteiger partial charge in [-0.2, -0.15) is 0 Å². The Hall–Kier alpha value is 0.350. The Morgan fingerprint density at radius 1 is 0.441 bits per heavy atom. The van der Waals surface area contributed by atoms with Crippen molar-refractivity contribution in [1.82, 2.24) is 0 Å². The second kappa shape index (κ2) is 25.0. The Labute approximate surface area is 223 Å². The second-order valence-corrected chi connectivity index (χ2v) is 19.2. The maximum absolute atomic E-state index is 2.77.